The largest absolute Gasteiger partial charge is 0.493 e. The minimum absolute atomic E-state index is 0.0661. The topological polar surface area (TPSA) is 130 Å². The van der Waals surface area contributed by atoms with E-state index in [2.05, 4.69) is 6.07 Å². The summed E-state index contributed by atoms with van der Waals surface area (Å²) in [7, 11) is 3.06. The highest BCUT2D eigenvalue weighted by molar-refractivity contribution is 5.66. The van der Waals surface area contributed by atoms with Gasteiger partial charge in [-0.25, -0.2) is 0 Å². The molecule has 2 aromatic carbocycles. The van der Waals surface area contributed by atoms with E-state index in [1.54, 1.807) is 36.4 Å². The van der Waals surface area contributed by atoms with Crippen LogP contribution < -0.4 is 18.9 Å². The molecule has 0 radical (unpaired) electrons. The van der Waals surface area contributed by atoms with Crippen LogP contribution in [0.15, 0.2) is 42.5 Å². The fraction of sp³-hybridized carbons (Fsp3) is 0.517. The monoisotopic (exact) mass is 540 g/mol. The number of nitro groups is 1. The second kappa shape index (κ2) is 13.2. The predicted octanol–water partition coefficient (Wildman–Crippen LogP) is 5.45. The van der Waals surface area contributed by atoms with Crippen LogP contribution in [0.5, 0.6) is 23.0 Å². The van der Waals surface area contributed by atoms with Crippen LogP contribution in [0.25, 0.3) is 0 Å². The lowest BCUT2D eigenvalue weighted by atomic mass is 9.66. The third-order valence-corrected chi connectivity index (χ3v) is 7.42. The molecule has 0 saturated heterocycles. The molecule has 0 aromatic heterocycles. The first kappa shape index (κ1) is 29.6. The standard InChI is InChI=1S/C29H36N2O8/c1-6-20(7-2)29(18-30,21-12-13-24(35-4)27(16-21)36-5)15-14-23(37-19(3)32)22(31(33)34)17-28-38-25-10-8-9-11-26(25)39-28/h8-13,16,20,22-23,28H,6-7,14-15,17H2,1-5H3. The molecule has 0 spiro atoms. The van der Waals surface area contributed by atoms with Gasteiger partial charge in [0, 0.05) is 11.8 Å². The Morgan fingerprint density at radius 2 is 1.72 bits per heavy atom. The maximum absolute atomic E-state index is 12.3. The van der Waals surface area contributed by atoms with E-state index in [0.29, 0.717) is 41.4 Å². The second-order valence-corrected chi connectivity index (χ2v) is 9.55. The molecule has 10 heteroatoms. The number of benzene rings is 2. The summed E-state index contributed by atoms with van der Waals surface area (Å²) < 4.78 is 27.9. The van der Waals surface area contributed by atoms with Crippen molar-refractivity contribution in [1.82, 2.24) is 0 Å². The van der Waals surface area contributed by atoms with Crippen molar-refractivity contribution in [3.63, 3.8) is 0 Å². The van der Waals surface area contributed by atoms with Gasteiger partial charge in [-0.15, -0.1) is 0 Å². The molecule has 1 aliphatic heterocycles. The van der Waals surface area contributed by atoms with Gasteiger partial charge in [0.1, 0.15) is 0 Å². The van der Waals surface area contributed by atoms with Gasteiger partial charge >= 0.3 is 5.97 Å². The Bertz CT molecular complexity index is 1170. The first-order valence-corrected chi connectivity index (χ1v) is 13.1. The van der Waals surface area contributed by atoms with Gasteiger partial charge in [0.25, 0.3) is 6.04 Å². The van der Waals surface area contributed by atoms with Crippen molar-refractivity contribution in [2.45, 2.75) is 76.7 Å². The van der Waals surface area contributed by atoms with E-state index < -0.39 is 34.7 Å². The Hall–Kier alpha value is -4.00. The van der Waals surface area contributed by atoms with E-state index in [9.17, 15) is 20.2 Å². The van der Waals surface area contributed by atoms with E-state index in [-0.39, 0.29) is 25.2 Å². The third kappa shape index (κ3) is 6.53. The molecule has 2 aromatic rings. The minimum Gasteiger partial charge on any atom is -0.493 e. The normalized spacial score (nSPS) is 15.6. The molecule has 210 valence electrons. The maximum Gasteiger partial charge on any atom is 0.303 e. The number of rotatable bonds is 14. The SMILES string of the molecule is CCC(CC)C(C#N)(CCC(OC(C)=O)C(CC1Oc2ccccc2O1)[N+](=O)[O-])c1ccc(OC)c(OC)c1. The molecule has 0 saturated carbocycles. The van der Waals surface area contributed by atoms with Gasteiger partial charge in [-0.2, -0.15) is 5.26 Å². The van der Waals surface area contributed by atoms with E-state index >= 15 is 0 Å². The highest BCUT2D eigenvalue weighted by Crippen LogP contribution is 2.44. The molecule has 0 bridgehead atoms. The number of nitriles is 1. The van der Waals surface area contributed by atoms with Crippen LogP contribution in [0.4, 0.5) is 0 Å². The predicted molar refractivity (Wildman–Crippen MR) is 143 cm³/mol. The Morgan fingerprint density at radius 3 is 2.21 bits per heavy atom. The number of hydrogen-bond donors (Lipinski definition) is 0. The summed E-state index contributed by atoms with van der Waals surface area (Å²) >= 11 is 0. The van der Waals surface area contributed by atoms with Crippen molar-refractivity contribution in [2.24, 2.45) is 5.92 Å². The van der Waals surface area contributed by atoms with Gasteiger partial charge < -0.3 is 23.7 Å². The van der Waals surface area contributed by atoms with Crippen LogP contribution in [0.1, 0.15) is 58.4 Å². The van der Waals surface area contributed by atoms with Crippen molar-refractivity contribution < 1.29 is 33.4 Å². The summed E-state index contributed by atoms with van der Waals surface area (Å²) in [6.07, 6.45) is -0.421. The van der Waals surface area contributed by atoms with E-state index in [1.807, 2.05) is 19.9 Å². The first-order valence-electron chi connectivity index (χ1n) is 13.1. The summed E-state index contributed by atoms with van der Waals surface area (Å²) in [5.41, 5.74) is -0.298. The number of carbonyl (C=O) groups is 1. The molecule has 0 N–H and O–H groups in total. The Kier molecular flexibility index (Phi) is 9.99. The molecule has 1 aliphatic rings. The van der Waals surface area contributed by atoms with E-state index in [1.165, 1.54) is 21.1 Å². The molecule has 39 heavy (non-hydrogen) atoms. The summed E-state index contributed by atoms with van der Waals surface area (Å²) in [6.45, 7) is 5.24. The Morgan fingerprint density at radius 1 is 1.10 bits per heavy atom. The molecule has 10 nitrogen and oxygen atoms in total. The highest BCUT2D eigenvalue weighted by atomic mass is 16.7. The van der Waals surface area contributed by atoms with Gasteiger partial charge in [0.2, 0.25) is 6.29 Å². The number of esters is 1. The summed E-state index contributed by atoms with van der Waals surface area (Å²) in [5.74, 6) is 1.30. The summed E-state index contributed by atoms with van der Waals surface area (Å²) in [4.78, 5) is 23.8. The number of nitrogens with zero attached hydrogens (tertiary/aromatic N) is 2. The summed E-state index contributed by atoms with van der Waals surface area (Å²) in [6, 6.07) is 13.6. The van der Waals surface area contributed by atoms with Gasteiger partial charge in [-0.05, 0) is 48.6 Å². The quantitative estimate of drug-likeness (QED) is 0.174. The van der Waals surface area contributed by atoms with Crippen molar-refractivity contribution in [1.29, 1.82) is 5.26 Å². The molecule has 0 aliphatic carbocycles. The molecule has 3 rings (SSSR count). The van der Waals surface area contributed by atoms with Crippen LogP contribution >= 0.6 is 0 Å². The molecule has 1 heterocycles. The lowest BCUT2D eigenvalue weighted by Crippen LogP contribution is -2.43. The number of fused-ring (bicyclic) bond motifs is 1. The number of para-hydroxylation sites is 2. The Balaban J connectivity index is 1.93. The van der Waals surface area contributed by atoms with E-state index in [4.69, 9.17) is 23.7 Å². The third-order valence-electron chi connectivity index (χ3n) is 7.42. The Labute approximate surface area is 228 Å². The lowest BCUT2D eigenvalue weighted by Gasteiger charge is -2.36. The molecule has 3 unspecified atom stereocenters. The second-order valence-electron chi connectivity index (χ2n) is 9.55. The fourth-order valence-corrected chi connectivity index (χ4v) is 5.43. The highest BCUT2D eigenvalue weighted by Gasteiger charge is 2.44. The smallest absolute Gasteiger partial charge is 0.303 e. The first-order chi connectivity index (χ1) is 18.7. The number of methoxy groups -OCH3 is 2. The fourth-order valence-electron chi connectivity index (χ4n) is 5.43. The average molecular weight is 541 g/mol. The molecular weight excluding hydrogens is 504 g/mol. The maximum atomic E-state index is 12.3. The molecule has 0 fully saturated rings. The number of carbonyl (C=O) groups excluding carboxylic acids is 1. The zero-order valence-electron chi connectivity index (χ0n) is 23.0. The number of ether oxygens (including phenoxy) is 5. The van der Waals surface area contributed by atoms with Crippen LogP contribution in [0, 0.1) is 27.4 Å². The van der Waals surface area contributed by atoms with Crippen LogP contribution in [-0.2, 0) is 14.9 Å². The van der Waals surface area contributed by atoms with Gasteiger partial charge in [0.05, 0.1) is 32.1 Å². The lowest BCUT2D eigenvalue weighted by molar-refractivity contribution is -0.537. The van der Waals surface area contributed by atoms with Crippen molar-refractivity contribution in [2.75, 3.05) is 14.2 Å². The van der Waals surface area contributed by atoms with Crippen molar-refractivity contribution in [3.8, 4) is 29.1 Å². The van der Waals surface area contributed by atoms with Gasteiger partial charge in [-0.3, -0.25) is 14.9 Å². The molecule has 3 atom stereocenters. The number of hydrogen-bond acceptors (Lipinski definition) is 9. The van der Waals surface area contributed by atoms with E-state index in [0.717, 1.165) is 0 Å². The average Bonchev–Trinajstić information content (AvgIpc) is 3.35. The molecule has 0 amide bonds. The summed E-state index contributed by atoms with van der Waals surface area (Å²) in [5, 5.41) is 22.9. The van der Waals surface area contributed by atoms with Crippen LogP contribution in [0.3, 0.4) is 0 Å². The minimum atomic E-state index is -1.31. The zero-order valence-corrected chi connectivity index (χ0v) is 23.0. The van der Waals surface area contributed by atoms with Crippen LogP contribution in [0.2, 0.25) is 0 Å². The molecular formula is C29H36N2O8. The van der Waals surface area contributed by atoms with Crippen molar-refractivity contribution in [3.05, 3.63) is 58.1 Å². The van der Waals surface area contributed by atoms with Gasteiger partial charge in [0.15, 0.2) is 29.1 Å². The zero-order chi connectivity index (χ0) is 28.6. The van der Waals surface area contributed by atoms with Gasteiger partial charge in [-0.1, -0.05) is 44.9 Å². The van der Waals surface area contributed by atoms with Crippen LogP contribution in [-0.4, -0.2) is 43.5 Å². The van der Waals surface area contributed by atoms with Crippen molar-refractivity contribution >= 4 is 5.97 Å².